The van der Waals surface area contributed by atoms with Crippen molar-refractivity contribution in [2.24, 2.45) is 0 Å². The summed E-state index contributed by atoms with van der Waals surface area (Å²) >= 11 is 1.43. The highest BCUT2D eigenvalue weighted by atomic mass is 32.1. The molecule has 22 heavy (non-hydrogen) atoms. The topological polar surface area (TPSA) is 83.4 Å². The second kappa shape index (κ2) is 6.23. The Labute approximate surface area is 131 Å². The molecule has 7 heteroatoms. The molecule has 0 aromatic carbocycles. The summed E-state index contributed by atoms with van der Waals surface area (Å²) < 4.78 is 0. The van der Waals surface area contributed by atoms with Crippen molar-refractivity contribution in [3.8, 4) is 10.7 Å². The first kappa shape index (κ1) is 14.6. The van der Waals surface area contributed by atoms with Crippen molar-refractivity contribution in [3.05, 3.63) is 35.5 Å². The summed E-state index contributed by atoms with van der Waals surface area (Å²) in [4.78, 5) is 33.5. The summed E-state index contributed by atoms with van der Waals surface area (Å²) in [6.07, 6.45) is 3.09. The fourth-order valence-corrected chi connectivity index (χ4v) is 3.37. The molecule has 1 atom stereocenters. The van der Waals surface area contributed by atoms with Crippen LogP contribution in [0.25, 0.3) is 10.7 Å². The zero-order valence-corrected chi connectivity index (χ0v) is 12.6. The molecule has 114 valence electrons. The zero-order valence-electron chi connectivity index (χ0n) is 11.8. The van der Waals surface area contributed by atoms with Crippen molar-refractivity contribution in [3.63, 3.8) is 0 Å². The van der Waals surface area contributed by atoms with E-state index in [0.29, 0.717) is 18.7 Å². The molecule has 1 aliphatic rings. The van der Waals surface area contributed by atoms with Gasteiger partial charge in [-0.3, -0.25) is 9.78 Å². The van der Waals surface area contributed by atoms with Crippen LogP contribution >= 0.6 is 11.3 Å². The highest BCUT2D eigenvalue weighted by Gasteiger charge is 2.33. The Morgan fingerprint density at radius 1 is 1.41 bits per heavy atom. The first-order valence-corrected chi connectivity index (χ1v) is 7.91. The minimum absolute atomic E-state index is 0.132. The maximum atomic E-state index is 12.3. The minimum Gasteiger partial charge on any atom is -0.480 e. The second-order valence-electron chi connectivity index (χ2n) is 5.12. The maximum absolute atomic E-state index is 12.3. The van der Waals surface area contributed by atoms with Gasteiger partial charge in [-0.1, -0.05) is 6.07 Å². The molecule has 2 aromatic rings. The smallest absolute Gasteiger partial charge is 0.326 e. The highest BCUT2D eigenvalue weighted by Crippen LogP contribution is 2.23. The lowest BCUT2D eigenvalue weighted by molar-refractivity contribution is -0.148. The number of carbonyl (C=O) groups is 2. The Morgan fingerprint density at radius 3 is 3.00 bits per heavy atom. The lowest BCUT2D eigenvalue weighted by atomic mass is 10.2. The molecule has 0 bridgehead atoms. The van der Waals surface area contributed by atoms with Gasteiger partial charge in [0.1, 0.15) is 11.0 Å². The van der Waals surface area contributed by atoms with E-state index in [2.05, 4.69) is 9.97 Å². The van der Waals surface area contributed by atoms with Crippen LogP contribution in [0.1, 0.15) is 18.5 Å². The van der Waals surface area contributed by atoms with Crippen LogP contribution in [0, 0.1) is 0 Å². The van der Waals surface area contributed by atoms with E-state index in [1.165, 1.54) is 16.2 Å². The number of aliphatic carboxylic acids is 1. The van der Waals surface area contributed by atoms with E-state index < -0.39 is 12.0 Å². The van der Waals surface area contributed by atoms with Gasteiger partial charge < -0.3 is 10.0 Å². The first-order valence-electron chi connectivity index (χ1n) is 7.03. The molecule has 1 N–H and O–H groups in total. The van der Waals surface area contributed by atoms with Gasteiger partial charge in [-0.25, -0.2) is 9.78 Å². The third-order valence-electron chi connectivity index (χ3n) is 3.63. The van der Waals surface area contributed by atoms with Gasteiger partial charge in [0.2, 0.25) is 5.91 Å². The van der Waals surface area contributed by atoms with Crippen LogP contribution in [-0.2, 0) is 16.0 Å². The molecule has 1 amide bonds. The molecule has 1 saturated heterocycles. The molecule has 3 heterocycles. The van der Waals surface area contributed by atoms with Gasteiger partial charge >= 0.3 is 5.97 Å². The largest absolute Gasteiger partial charge is 0.480 e. The Balaban J connectivity index is 1.70. The van der Waals surface area contributed by atoms with Crippen LogP contribution in [0.5, 0.6) is 0 Å². The van der Waals surface area contributed by atoms with Crippen molar-refractivity contribution >= 4 is 23.2 Å². The number of likely N-dealkylation sites (tertiary alicyclic amines) is 1. The number of rotatable bonds is 4. The van der Waals surface area contributed by atoms with Gasteiger partial charge in [0, 0.05) is 18.1 Å². The number of aromatic nitrogens is 2. The maximum Gasteiger partial charge on any atom is 0.326 e. The van der Waals surface area contributed by atoms with Crippen molar-refractivity contribution in [1.82, 2.24) is 14.9 Å². The van der Waals surface area contributed by atoms with Crippen molar-refractivity contribution in [2.75, 3.05) is 6.54 Å². The zero-order chi connectivity index (χ0) is 15.5. The fraction of sp³-hybridized carbons (Fsp3) is 0.333. The van der Waals surface area contributed by atoms with Gasteiger partial charge in [0.15, 0.2) is 0 Å². The molecular formula is C15H15N3O3S. The fourth-order valence-electron chi connectivity index (χ4n) is 2.57. The number of carbonyl (C=O) groups excluding carboxylic acids is 1. The molecule has 0 saturated carbocycles. The molecule has 0 spiro atoms. The monoisotopic (exact) mass is 317 g/mol. The van der Waals surface area contributed by atoms with E-state index in [4.69, 9.17) is 5.11 Å². The number of carboxylic acids is 1. The third-order valence-corrected chi connectivity index (χ3v) is 4.54. The van der Waals surface area contributed by atoms with Crippen molar-refractivity contribution in [2.45, 2.75) is 25.3 Å². The first-order chi connectivity index (χ1) is 10.6. The molecule has 3 rings (SSSR count). The van der Waals surface area contributed by atoms with Crippen molar-refractivity contribution < 1.29 is 14.7 Å². The van der Waals surface area contributed by atoms with E-state index in [9.17, 15) is 9.59 Å². The molecule has 1 aliphatic heterocycles. The highest BCUT2D eigenvalue weighted by molar-refractivity contribution is 7.13. The lowest BCUT2D eigenvalue weighted by Gasteiger charge is -2.20. The number of hydrogen-bond donors (Lipinski definition) is 1. The molecule has 1 fully saturated rings. The van der Waals surface area contributed by atoms with Crippen LogP contribution in [0.3, 0.4) is 0 Å². The minimum atomic E-state index is -0.932. The van der Waals surface area contributed by atoms with Crippen LogP contribution in [0.2, 0.25) is 0 Å². The average molecular weight is 317 g/mol. The van der Waals surface area contributed by atoms with E-state index in [1.807, 2.05) is 23.6 Å². The quantitative estimate of drug-likeness (QED) is 0.930. The molecule has 0 aliphatic carbocycles. The molecule has 6 nitrogen and oxygen atoms in total. The summed E-state index contributed by atoms with van der Waals surface area (Å²) in [5.41, 5.74) is 1.43. The Morgan fingerprint density at radius 2 is 2.27 bits per heavy atom. The SMILES string of the molecule is O=C(O)[C@H]1CCCN1C(=O)Cc1csc(-c2ccccn2)n1. The Hall–Kier alpha value is -2.28. The number of pyridine rings is 1. The van der Waals surface area contributed by atoms with Crippen LogP contribution < -0.4 is 0 Å². The van der Waals surface area contributed by atoms with Crippen LogP contribution in [0.15, 0.2) is 29.8 Å². The van der Waals surface area contributed by atoms with E-state index in [0.717, 1.165) is 17.1 Å². The molecule has 0 radical (unpaired) electrons. The normalized spacial score (nSPS) is 17.6. The molecule has 2 aromatic heterocycles. The second-order valence-corrected chi connectivity index (χ2v) is 5.98. The Bertz CT molecular complexity index is 686. The molecule has 0 unspecified atom stereocenters. The summed E-state index contributed by atoms with van der Waals surface area (Å²) in [6.45, 7) is 0.507. The van der Waals surface area contributed by atoms with Gasteiger partial charge in [-0.2, -0.15) is 0 Å². The number of amides is 1. The van der Waals surface area contributed by atoms with Crippen molar-refractivity contribution in [1.29, 1.82) is 0 Å². The van der Waals surface area contributed by atoms with E-state index in [-0.39, 0.29) is 12.3 Å². The summed E-state index contributed by atoms with van der Waals surface area (Å²) in [7, 11) is 0. The van der Waals surface area contributed by atoms with Crippen LogP contribution in [-0.4, -0.2) is 44.4 Å². The average Bonchev–Trinajstić information content (AvgIpc) is 3.17. The van der Waals surface area contributed by atoms with Gasteiger partial charge in [-0.05, 0) is 25.0 Å². The van der Waals surface area contributed by atoms with Crippen LogP contribution in [0.4, 0.5) is 0 Å². The third kappa shape index (κ3) is 2.99. The lowest BCUT2D eigenvalue weighted by Crippen LogP contribution is -2.41. The summed E-state index contributed by atoms with van der Waals surface area (Å²) in [6, 6.07) is 4.89. The van der Waals surface area contributed by atoms with Gasteiger partial charge in [-0.15, -0.1) is 11.3 Å². The predicted molar refractivity (Wildman–Crippen MR) is 81.4 cm³/mol. The number of hydrogen-bond acceptors (Lipinski definition) is 5. The van der Waals surface area contributed by atoms with Gasteiger partial charge in [0.25, 0.3) is 0 Å². The predicted octanol–water partition coefficient (Wildman–Crippen LogP) is 1.82. The standard InChI is InChI=1S/C15H15N3O3S/c19-13(18-7-3-5-12(18)15(20)21)8-10-9-22-14(17-10)11-4-1-2-6-16-11/h1-2,4,6,9,12H,3,5,7-8H2,(H,20,21)/t12-/m1/s1. The number of carboxylic acid groups (broad SMARTS) is 1. The number of nitrogens with zero attached hydrogens (tertiary/aromatic N) is 3. The van der Waals surface area contributed by atoms with E-state index in [1.54, 1.807) is 6.20 Å². The number of thiazole rings is 1. The Kier molecular flexibility index (Phi) is 4.15. The summed E-state index contributed by atoms with van der Waals surface area (Å²) in [5, 5.41) is 11.7. The van der Waals surface area contributed by atoms with Gasteiger partial charge in [0.05, 0.1) is 17.8 Å². The summed E-state index contributed by atoms with van der Waals surface area (Å²) in [5.74, 6) is -1.11. The van der Waals surface area contributed by atoms with E-state index >= 15 is 0 Å². The molecular weight excluding hydrogens is 302 g/mol.